The summed E-state index contributed by atoms with van der Waals surface area (Å²) >= 11 is 1.23. The minimum Gasteiger partial charge on any atom is -0.481 e. The molecule has 0 aliphatic rings. The van der Waals surface area contributed by atoms with Crippen LogP contribution in [0, 0.1) is 0 Å². The summed E-state index contributed by atoms with van der Waals surface area (Å²) in [6.45, 7) is 0. The Morgan fingerprint density at radius 3 is 2.47 bits per heavy atom. The third kappa shape index (κ3) is 5.81. The Hall–Kier alpha value is -1.45. The summed E-state index contributed by atoms with van der Waals surface area (Å²) in [6.07, 6.45) is -0.924. The minimum atomic E-state index is -3.84. The third-order valence-corrected chi connectivity index (χ3v) is 4.54. The van der Waals surface area contributed by atoms with E-state index in [9.17, 15) is 18.0 Å². The van der Waals surface area contributed by atoms with Crippen LogP contribution in [0.3, 0.4) is 0 Å². The van der Waals surface area contributed by atoms with Crippen LogP contribution in [0.15, 0.2) is 17.5 Å². The number of hydrogen-bond acceptors (Lipinski definition) is 5. The van der Waals surface area contributed by atoms with Crippen LogP contribution in [0.2, 0.25) is 0 Å². The van der Waals surface area contributed by atoms with Crippen LogP contribution in [0.25, 0.3) is 0 Å². The standard InChI is InChI=1S/C10H13NO6S2/c12-9(13)3-5-19(16,17)11-7(6-10(14)15)8-2-1-4-18-8/h1-2,4,7,11H,3,5-6H2,(H,12,13)(H,14,15). The number of carboxylic acids is 2. The van der Waals surface area contributed by atoms with Crippen molar-refractivity contribution in [2.75, 3.05) is 5.75 Å². The van der Waals surface area contributed by atoms with Gasteiger partial charge in [-0.25, -0.2) is 13.1 Å². The van der Waals surface area contributed by atoms with Crippen molar-refractivity contribution in [3.05, 3.63) is 22.4 Å². The van der Waals surface area contributed by atoms with Crippen LogP contribution in [0.1, 0.15) is 23.8 Å². The lowest BCUT2D eigenvalue weighted by Gasteiger charge is -2.15. The van der Waals surface area contributed by atoms with Crippen LogP contribution in [0.5, 0.6) is 0 Å². The van der Waals surface area contributed by atoms with E-state index in [1.54, 1.807) is 17.5 Å². The summed E-state index contributed by atoms with van der Waals surface area (Å²) in [7, 11) is -3.84. The zero-order chi connectivity index (χ0) is 14.5. The van der Waals surface area contributed by atoms with Gasteiger partial charge < -0.3 is 10.2 Å². The van der Waals surface area contributed by atoms with E-state index in [1.165, 1.54) is 11.3 Å². The molecule has 0 aliphatic carbocycles. The molecule has 1 aromatic rings. The molecule has 9 heteroatoms. The lowest BCUT2D eigenvalue weighted by atomic mass is 10.2. The van der Waals surface area contributed by atoms with Crippen molar-refractivity contribution in [3.63, 3.8) is 0 Å². The van der Waals surface area contributed by atoms with Gasteiger partial charge >= 0.3 is 11.9 Å². The van der Waals surface area contributed by atoms with E-state index in [2.05, 4.69) is 4.72 Å². The van der Waals surface area contributed by atoms with E-state index in [0.29, 0.717) is 4.88 Å². The highest BCUT2D eigenvalue weighted by atomic mass is 32.2. The first-order valence-electron chi connectivity index (χ1n) is 5.27. The molecule has 1 atom stereocenters. The first-order valence-corrected chi connectivity index (χ1v) is 7.80. The molecule has 0 aliphatic heterocycles. The smallest absolute Gasteiger partial charge is 0.305 e. The predicted molar refractivity (Wildman–Crippen MR) is 68.5 cm³/mol. The molecule has 1 rings (SSSR count). The van der Waals surface area contributed by atoms with Gasteiger partial charge in [-0.15, -0.1) is 11.3 Å². The molecule has 0 saturated heterocycles. The molecule has 1 unspecified atom stereocenters. The fourth-order valence-electron chi connectivity index (χ4n) is 1.36. The maximum atomic E-state index is 11.7. The fraction of sp³-hybridized carbons (Fsp3) is 0.400. The highest BCUT2D eigenvalue weighted by Crippen LogP contribution is 2.23. The molecule has 0 fully saturated rings. The summed E-state index contributed by atoms with van der Waals surface area (Å²) in [5, 5.41) is 18.9. The van der Waals surface area contributed by atoms with Gasteiger partial charge in [0.1, 0.15) is 0 Å². The molecular formula is C10H13NO6S2. The zero-order valence-electron chi connectivity index (χ0n) is 9.77. The number of carbonyl (C=O) groups is 2. The predicted octanol–water partition coefficient (Wildman–Crippen LogP) is 0.658. The van der Waals surface area contributed by atoms with Gasteiger partial charge in [0, 0.05) is 4.88 Å². The van der Waals surface area contributed by atoms with Gasteiger partial charge in [-0.2, -0.15) is 0 Å². The van der Waals surface area contributed by atoms with E-state index < -0.39 is 46.6 Å². The van der Waals surface area contributed by atoms with E-state index >= 15 is 0 Å². The van der Waals surface area contributed by atoms with Gasteiger partial charge in [-0.3, -0.25) is 9.59 Å². The van der Waals surface area contributed by atoms with Gasteiger partial charge in [0.05, 0.1) is 24.6 Å². The van der Waals surface area contributed by atoms with E-state index in [0.717, 1.165) is 0 Å². The van der Waals surface area contributed by atoms with E-state index in [-0.39, 0.29) is 0 Å². The summed E-state index contributed by atoms with van der Waals surface area (Å²) in [4.78, 5) is 21.7. The lowest BCUT2D eigenvalue weighted by molar-refractivity contribution is -0.138. The molecule has 19 heavy (non-hydrogen) atoms. The topological polar surface area (TPSA) is 121 Å². The van der Waals surface area contributed by atoms with Crippen LogP contribution in [-0.4, -0.2) is 36.3 Å². The van der Waals surface area contributed by atoms with Crippen molar-refractivity contribution >= 4 is 33.3 Å². The molecule has 0 amide bonds. The van der Waals surface area contributed by atoms with Gasteiger partial charge in [0.2, 0.25) is 10.0 Å². The average Bonchev–Trinajstić information content (AvgIpc) is 2.78. The number of hydrogen-bond donors (Lipinski definition) is 3. The van der Waals surface area contributed by atoms with Crippen molar-refractivity contribution in [1.29, 1.82) is 0 Å². The minimum absolute atomic E-state index is 0.396. The maximum absolute atomic E-state index is 11.7. The molecule has 0 radical (unpaired) electrons. The third-order valence-electron chi connectivity index (χ3n) is 2.17. The van der Waals surface area contributed by atoms with Crippen LogP contribution in [-0.2, 0) is 19.6 Å². The van der Waals surface area contributed by atoms with Crippen LogP contribution >= 0.6 is 11.3 Å². The highest BCUT2D eigenvalue weighted by molar-refractivity contribution is 7.89. The average molecular weight is 307 g/mol. The van der Waals surface area contributed by atoms with E-state index in [4.69, 9.17) is 10.2 Å². The summed E-state index contributed by atoms with van der Waals surface area (Å²) in [5.41, 5.74) is 0. The molecule has 7 nitrogen and oxygen atoms in total. The van der Waals surface area contributed by atoms with Crippen LogP contribution < -0.4 is 4.72 Å². The van der Waals surface area contributed by atoms with E-state index in [1.807, 2.05) is 0 Å². The fourth-order valence-corrected chi connectivity index (χ4v) is 3.42. The molecule has 0 spiro atoms. The van der Waals surface area contributed by atoms with Gasteiger partial charge in [-0.05, 0) is 11.4 Å². The lowest BCUT2D eigenvalue weighted by Crippen LogP contribution is -2.32. The van der Waals surface area contributed by atoms with Gasteiger partial charge in [0.15, 0.2) is 0 Å². The number of aliphatic carboxylic acids is 2. The SMILES string of the molecule is O=C(O)CCS(=O)(=O)NC(CC(=O)O)c1cccs1. The van der Waals surface area contributed by atoms with Crippen molar-refractivity contribution in [1.82, 2.24) is 4.72 Å². The first-order chi connectivity index (χ1) is 8.80. The second kappa shape index (κ2) is 6.64. The highest BCUT2D eigenvalue weighted by Gasteiger charge is 2.23. The number of carboxylic acid groups (broad SMARTS) is 2. The summed E-state index contributed by atoms with van der Waals surface area (Å²) in [6, 6.07) is 2.43. The maximum Gasteiger partial charge on any atom is 0.305 e. The Balaban J connectivity index is 2.77. The van der Waals surface area contributed by atoms with Crippen molar-refractivity contribution < 1.29 is 28.2 Å². The molecule has 3 N–H and O–H groups in total. The monoisotopic (exact) mass is 307 g/mol. The summed E-state index contributed by atoms with van der Waals surface area (Å²) < 4.78 is 25.5. The largest absolute Gasteiger partial charge is 0.481 e. The second-order valence-electron chi connectivity index (χ2n) is 3.75. The Morgan fingerprint density at radius 2 is 2.00 bits per heavy atom. The molecule has 1 aromatic heterocycles. The quantitative estimate of drug-likeness (QED) is 0.648. The molecular weight excluding hydrogens is 294 g/mol. The first kappa shape index (κ1) is 15.6. The van der Waals surface area contributed by atoms with Crippen molar-refractivity contribution in [3.8, 4) is 0 Å². The Morgan fingerprint density at radius 1 is 1.32 bits per heavy atom. The van der Waals surface area contributed by atoms with Crippen molar-refractivity contribution in [2.24, 2.45) is 0 Å². The molecule has 0 bridgehead atoms. The molecule has 106 valence electrons. The second-order valence-corrected chi connectivity index (χ2v) is 6.60. The normalized spacial score (nSPS) is 13.1. The number of rotatable bonds is 8. The number of sulfonamides is 1. The van der Waals surface area contributed by atoms with Gasteiger partial charge in [0.25, 0.3) is 0 Å². The number of nitrogens with one attached hydrogen (secondary N) is 1. The Kier molecular flexibility index (Phi) is 5.45. The number of thiophene rings is 1. The molecule has 0 saturated carbocycles. The van der Waals surface area contributed by atoms with Crippen LogP contribution in [0.4, 0.5) is 0 Å². The Labute approximate surface area is 113 Å². The molecule has 0 aromatic carbocycles. The zero-order valence-corrected chi connectivity index (χ0v) is 11.4. The summed E-state index contributed by atoms with van der Waals surface area (Å²) in [5.74, 6) is -2.94. The van der Waals surface area contributed by atoms with Gasteiger partial charge in [-0.1, -0.05) is 6.07 Å². The molecule has 1 heterocycles. The Bertz CT molecular complexity index is 536. The van der Waals surface area contributed by atoms with Crippen molar-refractivity contribution in [2.45, 2.75) is 18.9 Å².